The molecule has 1 aromatic carbocycles. The van der Waals surface area contributed by atoms with Gasteiger partial charge in [0.05, 0.1) is 6.04 Å². The predicted octanol–water partition coefficient (Wildman–Crippen LogP) is 1.11. The number of nitrogens with zero attached hydrogens (tertiary/aromatic N) is 2. The van der Waals surface area contributed by atoms with Crippen LogP contribution in [-0.2, 0) is 11.3 Å². The van der Waals surface area contributed by atoms with Crippen LogP contribution in [0.15, 0.2) is 24.3 Å². The molecule has 1 saturated heterocycles. The van der Waals surface area contributed by atoms with Gasteiger partial charge in [-0.05, 0) is 44.6 Å². The third kappa shape index (κ3) is 4.52. The Labute approximate surface area is 127 Å². The quantitative estimate of drug-likeness (QED) is 0.872. The fraction of sp³-hybridized carbons (Fsp3) is 0.562. The third-order valence-electron chi connectivity index (χ3n) is 4.11. The van der Waals surface area contributed by atoms with E-state index >= 15 is 0 Å². The number of benzene rings is 1. The minimum absolute atomic E-state index is 0.0497. The lowest BCUT2D eigenvalue weighted by Gasteiger charge is -2.26. The summed E-state index contributed by atoms with van der Waals surface area (Å²) in [5, 5.41) is 3.00. The summed E-state index contributed by atoms with van der Waals surface area (Å²) in [5.41, 5.74) is 7.48. The van der Waals surface area contributed by atoms with E-state index in [1.807, 2.05) is 31.2 Å². The zero-order valence-electron chi connectivity index (χ0n) is 13.0. The maximum Gasteiger partial charge on any atom is 0.241 e. The summed E-state index contributed by atoms with van der Waals surface area (Å²) in [7, 11) is 2.13. The molecule has 1 aromatic rings. The molecule has 3 N–H and O–H groups in total. The summed E-state index contributed by atoms with van der Waals surface area (Å²) in [6.45, 7) is 6.49. The van der Waals surface area contributed by atoms with Gasteiger partial charge in [0.1, 0.15) is 0 Å². The van der Waals surface area contributed by atoms with Crippen LogP contribution in [0.25, 0.3) is 0 Å². The van der Waals surface area contributed by atoms with Crippen molar-refractivity contribution in [3.05, 3.63) is 29.8 Å². The maximum atomic E-state index is 12.4. The first kappa shape index (κ1) is 15.9. The Bertz CT molecular complexity index is 477. The molecule has 116 valence electrons. The molecule has 1 amide bonds. The SMILES string of the molecule is CC(C(=O)Nc1cccc(CN)c1)N1CCCN(C)CC1. The van der Waals surface area contributed by atoms with Crippen molar-refractivity contribution in [2.24, 2.45) is 5.73 Å². The Morgan fingerprint density at radius 3 is 2.90 bits per heavy atom. The summed E-state index contributed by atoms with van der Waals surface area (Å²) < 4.78 is 0. The Morgan fingerprint density at radius 2 is 2.14 bits per heavy atom. The molecule has 1 aliphatic rings. The van der Waals surface area contributed by atoms with Crippen LogP contribution in [0.4, 0.5) is 5.69 Å². The fourth-order valence-corrected chi connectivity index (χ4v) is 2.64. The van der Waals surface area contributed by atoms with Gasteiger partial charge in [0.15, 0.2) is 0 Å². The summed E-state index contributed by atoms with van der Waals surface area (Å²) in [5.74, 6) is 0.0497. The molecular formula is C16H26N4O. The molecule has 2 rings (SSSR count). The van der Waals surface area contributed by atoms with Crippen LogP contribution in [0, 0.1) is 0 Å². The molecule has 1 aliphatic heterocycles. The van der Waals surface area contributed by atoms with Crippen molar-refractivity contribution in [1.82, 2.24) is 9.80 Å². The summed E-state index contributed by atoms with van der Waals surface area (Å²) in [6.07, 6.45) is 1.11. The molecule has 0 saturated carbocycles. The van der Waals surface area contributed by atoms with Gasteiger partial charge < -0.3 is 16.0 Å². The zero-order chi connectivity index (χ0) is 15.2. The highest BCUT2D eigenvalue weighted by molar-refractivity contribution is 5.94. The highest BCUT2D eigenvalue weighted by Gasteiger charge is 2.23. The van der Waals surface area contributed by atoms with Gasteiger partial charge in [-0.3, -0.25) is 9.69 Å². The van der Waals surface area contributed by atoms with E-state index < -0.39 is 0 Å². The number of rotatable bonds is 4. The van der Waals surface area contributed by atoms with Crippen molar-refractivity contribution in [3.8, 4) is 0 Å². The first-order chi connectivity index (χ1) is 10.1. The third-order valence-corrected chi connectivity index (χ3v) is 4.11. The van der Waals surface area contributed by atoms with E-state index in [9.17, 15) is 4.79 Å². The predicted molar refractivity (Wildman–Crippen MR) is 86.1 cm³/mol. The van der Waals surface area contributed by atoms with E-state index in [-0.39, 0.29) is 11.9 Å². The van der Waals surface area contributed by atoms with Gasteiger partial charge >= 0.3 is 0 Å². The second-order valence-corrected chi connectivity index (χ2v) is 5.76. The van der Waals surface area contributed by atoms with Crippen molar-refractivity contribution in [2.75, 3.05) is 38.5 Å². The lowest BCUT2D eigenvalue weighted by atomic mass is 10.2. The standard InChI is InChI=1S/C16H26N4O/c1-13(20-8-4-7-19(2)9-10-20)16(21)18-15-6-3-5-14(11-15)12-17/h3,5-6,11,13H,4,7-10,12,17H2,1-2H3,(H,18,21). The Hall–Kier alpha value is -1.43. The molecular weight excluding hydrogens is 264 g/mol. The maximum absolute atomic E-state index is 12.4. The van der Waals surface area contributed by atoms with Crippen LogP contribution in [0.1, 0.15) is 18.9 Å². The molecule has 5 heteroatoms. The summed E-state index contributed by atoms with van der Waals surface area (Å²) >= 11 is 0. The zero-order valence-corrected chi connectivity index (χ0v) is 13.0. The van der Waals surface area contributed by atoms with Gasteiger partial charge in [0, 0.05) is 31.9 Å². The van der Waals surface area contributed by atoms with Gasteiger partial charge in [-0.1, -0.05) is 12.1 Å². The average Bonchev–Trinajstić information content (AvgIpc) is 2.71. The van der Waals surface area contributed by atoms with E-state index in [1.54, 1.807) is 0 Å². The number of carbonyl (C=O) groups excluding carboxylic acids is 1. The molecule has 0 aromatic heterocycles. The van der Waals surface area contributed by atoms with Crippen LogP contribution in [-0.4, -0.2) is 55.0 Å². The molecule has 0 spiro atoms. The van der Waals surface area contributed by atoms with Crippen molar-refractivity contribution < 1.29 is 4.79 Å². The average molecular weight is 290 g/mol. The van der Waals surface area contributed by atoms with Crippen molar-refractivity contribution >= 4 is 11.6 Å². The van der Waals surface area contributed by atoms with Crippen LogP contribution in [0.3, 0.4) is 0 Å². The molecule has 5 nitrogen and oxygen atoms in total. The minimum atomic E-state index is -0.113. The van der Waals surface area contributed by atoms with Crippen molar-refractivity contribution in [1.29, 1.82) is 0 Å². The summed E-state index contributed by atoms with van der Waals surface area (Å²) in [6, 6.07) is 7.60. The van der Waals surface area contributed by atoms with Crippen LogP contribution >= 0.6 is 0 Å². The number of anilines is 1. The van der Waals surface area contributed by atoms with Crippen LogP contribution in [0.5, 0.6) is 0 Å². The second-order valence-electron chi connectivity index (χ2n) is 5.76. The molecule has 1 fully saturated rings. The molecule has 21 heavy (non-hydrogen) atoms. The number of likely N-dealkylation sites (N-methyl/N-ethyl adjacent to an activating group) is 1. The van der Waals surface area contributed by atoms with E-state index in [0.29, 0.717) is 6.54 Å². The Balaban J connectivity index is 1.95. The number of hydrogen-bond acceptors (Lipinski definition) is 4. The van der Waals surface area contributed by atoms with Crippen LogP contribution in [0.2, 0.25) is 0 Å². The topological polar surface area (TPSA) is 61.6 Å². The van der Waals surface area contributed by atoms with Gasteiger partial charge in [-0.2, -0.15) is 0 Å². The number of amides is 1. The van der Waals surface area contributed by atoms with Gasteiger partial charge in [0.2, 0.25) is 5.91 Å². The van der Waals surface area contributed by atoms with Gasteiger partial charge in [-0.25, -0.2) is 0 Å². The molecule has 1 unspecified atom stereocenters. The Kier molecular flexibility index (Phi) is 5.73. The fourth-order valence-electron chi connectivity index (χ4n) is 2.64. The van der Waals surface area contributed by atoms with Gasteiger partial charge in [-0.15, -0.1) is 0 Å². The van der Waals surface area contributed by atoms with E-state index in [2.05, 4.69) is 22.2 Å². The number of nitrogens with one attached hydrogen (secondary N) is 1. The molecule has 1 heterocycles. The highest BCUT2D eigenvalue weighted by Crippen LogP contribution is 2.12. The lowest BCUT2D eigenvalue weighted by Crippen LogP contribution is -2.43. The molecule has 1 atom stereocenters. The smallest absolute Gasteiger partial charge is 0.241 e. The van der Waals surface area contributed by atoms with Gasteiger partial charge in [0.25, 0.3) is 0 Å². The van der Waals surface area contributed by atoms with E-state index in [0.717, 1.165) is 43.9 Å². The number of nitrogens with two attached hydrogens (primary N) is 1. The molecule has 0 aliphatic carbocycles. The molecule has 0 radical (unpaired) electrons. The lowest BCUT2D eigenvalue weighted by molar-refractivity contribution is -0.120. The first-order valence-corrected chi connectivity index (χ1v) is 7.62. The number of carbonyl (C=O) groups is 1. The van der Waals surface area contributed by atoms with E-state index in [1.165, 1.54) is 0 Å². The minimum Gasteiger partial charge on any atom is -0.326 e. The summed E-state index contributed by atoms with van der Waals surface area (Å²) in [4.78, 5) is 17.0. The Morgan fingerprint density at radius 1 is 1.33 bits per heavy atom. The monoisotopic (exact) mass is 290 g/mol. The molecule has 0 bridgehead atoms. The van der Waals surface area contributed by atoms with Crippen molar-refractivity contribution in [2.45, 2.75) is 25.9 Å². The van der Waals surface area contributed by atoms with E-state index in [4.69, 9.17) is 5.73 Å². The van der Waals surface area contributed by atoms with Crippen molar-refractivity contribution in [3.63, 3.8) is 0 Å². The second kappa shape index (κ2) is 7.54. The first-order valence-electron chi connectivity index (χ1n) is 7.62. The highest BCUT2D eigenvalue weighted by atomic mass is 16.2. The van der Waals surface area contributed by atoms with Crippen LogP contribution < -0.4 is 11.1 Å². The largest absolute Gasteiger partial charge is 0.326 e. The normalized spacial score (nSPS) is 19.0. The number of hydrogen-bond donors (Lipinski definition) is 2.